The highest BCUT2D eigenvalue weighted by atomic mass is 32.1. The Labute approximate surface area is 121 Å². The SMILES string of the molecule is CN(C(=O)C1CC12CCOC2)c1nc2ccccc2s1. The van der Waals surface area contributed by atoms with Crippen molar-refractivity contribution in [3.05, 3.63) is 24.3 Å². The van der Waals surface area contributed by atoms with Crippen molar-refractivity contribution in [2.24, 2.45) is 11.3 Å². The van der Waals surface area contributed by atoms with Gasteiger partial charge in [-0.1, -0.05) is 23.5 Å². The van der Waals surface area contributed by atoms with E-state index in [4.69, 9.17) is 4.74 Å². The van der Waals surface area contributed by atoms with E-state index in [-0.39, 0.29) is 17.2 Å². The van der Waals surface area contributed by atoms with Gasteiger partial charge in [0.2, 0.25) is 5.91 Å². The van der Waals surface area contributed by atoms with Crippen LogP contribution in [0.4, 0.5) is 5.13 Å². The van der Waals surface area contributed by atoms with Gasteiger partial charge in [-0.25, -0.2) is 4.98 Å². The maximum atomic E-state index is 12.6. The van der Waals surface area contributed by atoms with Crippen LogP contribution in [-0.4, -0.2) is 31.2 Å². The van der Waals surface area contributed by atoms with Gasteiger partial charge >= 0.3 is 0 Å². The maximum Gasteiger partial charge on any atom is 0.232 e. The van der Waals surface area contributed by atoms with Crippen molar-refractivity contribution in [2.45, 2.75) is 12.8 Å². The maximum absolute atomic E-state index is 12.6. The molecule has 20 heavy (non-hydrogen) atoms. The van der Waals surface area contributed by atoms with Crippen LogP contribution in [0, 0.1) is 11.3 Å². The van der Waals surface area contributed by atoms with Crippen LogP contribution in [0.1, 0.15) is 12.8 Å². The molecule has 2 aromatic rings. The third-order valence-electron chi connectivity index (χ3n) is 4.52. The number of thiazole rings is 1. The molecule has 2 heterocycles. The van der Waals surface area contributed by atoms with E-state index in [1.54, 1.807) is 16.2 Å². The van der Waals surface area contributed by atoms with E-state index < -0.39 is 0 Å². The van der Waals surface area contributed by atoms with Crippen molar-refractivity contribution in [3.63, 3.8) is 0 Å². The van der Waals surface area contributed by atoms with E-state index in [1.807, 2.05) is 31.3 Å². The number of hydrogen-bond acceptors (Lipinski definition) is 4. The third kappa shape index (κ3) is 1.77. The summed E-state index contributed by atoms with van der Waals surface area (Å²) < 4.78 is 6.57. The predicted molar refractivity (Wildman–Crippen MR) is 79.0 cm³/mol. The van der Waals surface area contributed by atoms with Crippen LogP contribution in [0.25, 0.3) is 10.2 Å². The minimum Gasteiger partial charge on any atom is -0.381 e. The first-order chi connectivity index (χ1) is 9.70. The van der Waals surface area contributed by atoms with Crippen LogP contribution < -0.4 is 4.90 Å². The number of amides is 1. The summed E-state index contributed by atoms with van der Waals surface area (Å²) in [5.41, 5.74) is 1.10. The molecule has 1 aromatic carbocycles. The van der Waals surface area contributed by atoms with Crippen molar-refractivity contribution in [3.8, 4) is 0 Å². The van der Waals surface area contributed by atoms with Gasteiger partial charge in [0.1, 0.15) is 0 Å². The Kier molecular flexibility index (Phi) is 2.62. The molecule has 104 valence electrons. The average Bonchev–Trinajstić information content (AvgIpc) is 2.82. The Balaban J connectivity index is 1.57. The number of carbonyl (C=O) groups excluding carboxylic acids is 1. The molecule has 1 aliphatic carbocycles. The summed E-state index contributed by atoms with van der Waals surface area (Å²) in [6, 6.07) is 7.99. The second-order valence-corrected chi connectivity index (χ2v) is 6.79. The Morgan fingerprint density at radius 2 is 2.35 bits per heavy atom. The molecule has 1 saturated heterocycles. The van der Waals surface area contributed by atoms with Gasteiger partial charge < -0.3 is 4.74 Å². The Morgan fingerprint density at radius 1 is 1.50 bits per heavy atom. The van der Waals surface area contributed by atoms with Gasteiger partial charge in [-0.3, -0.25) is 9.69 Å². The van der Waals surface area contributed by atoms with E-state index in [0.717, 1.165) is 41.4 Å². The van der Waals surface area contributed by atoms with Crippen LogP contribution in [0.2, 0.25) is 0 Å². The zero-order valence-corrected chi connectivity index (χ0v) is 12.2. The first kappa shape index (κ1) is 12.3. The van der Waals surface area contributed by atoms with Gasteiger partial charge in [-0.2, -0.15) is 0 Å². The van der Waals surface area contributed by atoms with Gasteiger partial charge in [0.05, 0.1) is 16.8 Å². The summed E-state index contributed by atoms with van der Waals surface area (Å²) in [4.78, 5) is 18.9. The highest BCUT2D eigenvalue weighted by Crippen LogP contribution is 2.58. The molecule has 5 heteroatoms. The molecule has 4 rings (SSSR count). The molecule has 0 radical (unpaired) electrons. The smallest absolute Gasteiger partial charge is 0.232 e. The van der Waals surface area contributed by atoms with E-state index >= 15 is 0 Å². The Bertz CT molecular complexity index is 642. The van der Waals surface area contributed by atoms with Crippen molar-refractivity contribution in [2.75, 3.05) is 25.2 Å². The lowest BCUT2D eigenvalue weighted by atomic mass is 10.0. The van der Waals surface area contributed by atoms with Crippen LogP contribution in [0.3, 0.4) is 0 Å². The number of aromatic nitrogens is 1. The summed E-state index contributed by atoms with van der Waals surface area (Å²) in [5.74, 6) is 0.316. The second-order valence-electron chi connectivity index (χ2n) is 5.78. The van der Waals surface area contributed by atoms with E-state index in [0.29, 0.717) is 0 Å². The third-order valence-corrected chi connectivity index (χ3v) is 5.63. The molecular formula is C15H16N2O2S. The number of ether oxygens (including phenoxy) is 1. The zero-order chi connectivity index (χ0) is 13.7. The number of hydrogen-bond donors (Lipinski definition) is 0. The number of benzene rings is 1. The average molecular weight is 288 g/mol. The van der Waals surface area contributed by atoms with Crippen molar-refractivity contribution >= 4 is 32.6 Å². The highest BCUT2D eigenvalue weighted by Gasteiger charge is 2.60. The van der Waals surface area contributed by atoms with Gasteiger partial charge in [0.15, 0.2) is 5.13 Å². The molecule has 0 bridgehead atoms. The summed E-state index contributed by atoms with van der Waals surface area (Å²) >= 11 is 1.57. The lowest BCUT2D eigenvalue weighted by Crippen LogP contribution is -2.30. The van der Waals surface area contributed by atoms with Crippen LogP contribution in [-0.2, 0) is 9.53 Å². The molecule has 0 N–H and O–H groups in total. The standard InChI is InChI=1S/C15H16N2O2S/c1-17(13(18)10-8-15(10)6-7-19-9-15)14-16-11-4-2-3-5-12(11)20-14/h2-5,10H,6-9H2,1H3. The first-order valence-corrected chi connectivity index (χ1v) is 7.72. The molecule has 4 nitrogen and oxygen atoms in total. The molecule has 2 aliphatic rings. The van der Waals surface area contributed by atoms with Gasteiger partial charge in [0, 0.05) is 25.0 Å². The molecule has 1 aromatic heterocycles. The van der Waals surface area contributed by atoms with Crippen molar-refractivity contribution in [1.29, 1.82) is 0 Å². The van der Waals surface area contributed by atoms with E-state index in [2.05, 4.69) is 4.98 Å². The Morgan fingerprint density at radius 3 is 3.10 bits per heavy atom. The minimum atomic E-state index is 0.127. The number of anilines is 1. The van der Waals surface area contributed by atoms with Crippen LogP contribution >= 0.6 is 11.3 Å². The van der Waals surface area contributed by atoms with Gasteiger partial charge in [0.25, 0.3) is 0 Å². The van der Waals surface area contributed by atoms with E-state index in [9.17, 15) is 4.79 Å². The van der Waals surface area contributed by atoms with Gasteiger partial charge in [-0.05, 0) is 25.0 Å². The summed E-state index contributed by atoms with van der Waals surface area (Å²) in [5, 5.41) is 0.789. The minimum absolute atomic E-state index is 0.127. The molecule has 1 aliphatic heterocycles. The van der Waals surface area contributed by atoms with Crippen LogP contribution in [0.5, 0.6) is 0 Å². The molecule has 1 spiro atoms. The number of para-hydroxylation sites is 1. The fourth-order valence-electron chi connectivity index (χ4n) is 3.09. The fourth-order valence-corrected chi connectivity index (χ4v) is 4.02. The van der Waals surface area contributed by atoms with Crippen LogP contribution in [0.15, 0.2) is 24.3 Å². The number of fused-ring (bicyclic) bond motifs is 1. The van der Waals surface area contributed by atoms with Crippen molar-refractivity contribution < 1.29 is 9.53 Å². The second kappa shape index (κ2) is 4.27. The molecule has 1 amide bonds. The normalized spacial score (nSPS) is 28.1. The zero-order valence-electron chi connectivity index (χ0n) is 11.3. The summed E-state index contributed by atoms with van der Waals surface area (Å²) in [6.45, 7) is 1.55. The highest BCUT2D eigenvalue weighted by molar-refractivity contribution is 7.22. The lowest BCUT2D eigenvalue weighted by Gasteiger charge is -2.15. The molecule has 2 atom stereocenters. The van der Waals surface area contributed by atoms with E-state index in [1.165, 1.54) is 0 Å². The largest absolute Gasteiger partial charge is 0.381 e. The summed E-state index contributed by atoms with van der Waals surface area (Å²) in [7, 11) is 1.84. The number of nitrogens with zero attached hydrogens (tertiary/aromatic N) is 2. The molecule has 2 fully saturated rings. The molecule has 1 saturated carbocycles. The monoisotopic (exact) mass is 288 g/mol. The molecular weight excluding hydrogens is 272 g/mol. The Hall–Kier alpha value is -1.46. The fraction of sp³-hybridized carbons (Fsp3) is 0.467. The lowest BCUT2D eigenvalue weighted by molar-refractivity contribution is -0.120. The summed E-state index contributed by atoms with van der Waals surface area (Å²) in [6.07, 6.45) is 2.00. The first-order valence-electron chi connectivity index (χ1n) is 6.90. The number of rotatable bonds is 2. The predicted octanol–water partition coefficient (Wildman–Crippen LogP) is 2.69. The van der Waals surface area contributed by atoms with Crippen molar-refractivity contribution in [1.82, 2.24) is 4.98 Å². The van der Waals surface area contributed by atoms with Gasteiger partial charge in [-0.15, -0.1) is 0 Å². The quantitative estimate of drug-likeness (QED) is 0.853. The topological polar surface area (TPSA) is 42.4 Å². The number of carbonyl (C=O) groups is 1. The molecule has 2 unspecified atom stereocenters.